The fraction of sp³-hybridized carbons (Fsp3) is 0.233. The van der Waals surface area contributed by atoms with E-state index in [4.69, 9.17) is 46.1 Å². The molecule has 6 amide bonds. The van der Waals surface area contributed by atoms with E-state index >= 15 is 0 Å². The van der Waals surface area contributed by atoms with E-state index in [1.165, 1.54) is 19.2 Å². The number of nitrogens with two attached hydrogens (primary N) is 4. The van der Waals surface area contributed by atoms with Gasteiger partial charge in [-0.05, 0) is 47.7 Å². The number of amides is 6. The Balaban J connectivity index is 2.11. The van der Waals surface area contributed by atoms with E-state index in [-0.39, 0.29) is 16.5 Å². The smallest absolute Gasteiger partial charge is 0.325 e. The predicted octanol–water partition coefficient (Wildman–Crippen LogP) is 2.17. The highest BCUT2D eigenvalue weighted by Crippen LogP contribution is 2.55. The van der Waals surface area contributed by atoms with E-state index in [0.29, 0.717) is 16.8 Å². The van der Waals surface area contributed by atoms with Gasteiger partial charge in [-0.1, -0.05) is 77.8 Å². The first-order valence-electron chi connectivity index (χ1n) is 13.1. The Morgan fingerprint density at radius 2 is 1.33 bits per heavy atom. The molecular weight excluding hydrogens is 595 g/mol. The Kier molecular flexibility index (Phi) is 8.70. The van der Waals surface area contributed by atoms with Crippen LogP contribution in [0.2, 0.25) is 10.0 Å². The zero-order valence-corrected chi connectivity index (χ0v) is 24.6. The molecule has 0 aromatic heterocycles. The molecule has 3 aromatic carbocycles. The molecule has 0 spiro atoms. The number of carbonyl (C=O) groups is 5. The van der Waals surface area contributed by atoms with Crippen molar-refractivity contribution in [1.29, 1.82) is 0 Å². The largest absolute Gasteiger partial charge is 0.369 e. The summed E-state index contributed by atoms with van der Waals surface area (Å²) >= 11 is 12.6. The van der Waals surface area contributed by atoms with Gasteiger partial charge in [-0.2, -0.15) is 0 Å². The number of rotatable bonds is 8. The second kappa shape index (κ2) is 11.9. The van der Waals surface area contributed by atoms with Gasteiger partial charge in [-0.3, -0.25) is 29.0 Å². The molecule has 0 saturated carbocycles. The summed E-state index contributed by atoms with van der Waals surface area (Å²) in [4.78, 5) is 70.9. The molecule has 3 aromatic rings. The van der Waals surface area contributed by atoms with Gasteiger partial charge in [-0.25, -0.2) is 4.79 Å². The molecule has 0 radical (unpaired) electrons. The SMILES string of the molecule is CN(C(=O)N1CC(c2ccc(Cl)c(Cl)c2)C(Cc2ccccc2)C(C(N)=O)(C(N)=O)C1(C(N)=O)C(N)=O)c1ccccc1. The number of likely N-dealkylation sites (tertiary alicyclic amines) is 1. The average molecular weight is 626 g/mol. The number of halogens is 2. The predicted molar refractivity (Wildman–Crippen MR) is 162 cm³/mol. The molecule has 2 atom stereocenters. The molecular formula is C30H30Cl2N6O5. The summed E-state index contributed by atoms with van der Waals surface area (Å²) in [6.45, 7) is -0.417. The average Bonchev–Trinajstić information content (AvgIpc) is 2.97. The van der Waals surface area contributed by atoms with Crippen LogP contribution in [-0.2, 0) is 25.6 Å². The maximum atomic E-state index is 14.3. The van der Waals surface area contributed by atoms with E-state index in [2.05, 4.69) is 0 Å². The van der Waals surface area contributed by atoms with Gasteiger partial charge in [0.05, 0.1) is 10.0 Å². The van der Waals surface area contributed by atoms with Crippen LogP contribution in [-0.4, -0.2) is 53.7 Å². The van der Waals surface area contributed by atoms with Crippen LogP contribution >= 0.6 is 23.2 Å². The highest BCUT2D eigenvalue weighted by Gasteiger charge is 2.77. The van der Waals surface area contributed by atoms with Crippen molar-refractivity contribution in [3.05, 3.63) is 100 Å². The fourth-order valence-corrected chi connectivity index (χ4v) is 6.58. The molecule has 43 heavy (non-hydrogen) atoms. The van der Waals surface area contributed by atoms with Gasteiger partial charge in [0.15, 0.2) is 5.41 Å². The molecule has 1 heterocycles. The number of anilines is 1. The lowest BCUT2D eigenvalue weighted by atomic mass is 9.51. The maximum absolute atomic E-state index is 14.3. The molecule has 13 heteroatoms. The number of hydrogen-bond donors (Lipinski definition) is 4. The Morgan fingerprint density at radius 3 is 1.81 bits per heavy atom. The first kappa shape index (κ1) is 31.3. The van der Waals surface area contributed by atoms with Crippen molar-refractivity contribution in [2.24, 2.45) is 34.3 Å². The van der Waals surface area contributed by atoms with Gasteiger partial charge in [-0.15, -0.1) is 0 Å². The number of hydrogen-bond acceptors (Lipinski definition) is 5. The number of benzene rings is 3. The minimum absolute atomic E-state index is 0.101. The third kappa shape index (κ3) is 4.94. The molecule has 11 nitrogen and oxygen atoms in total. The molecule has 1 aliphatic heterocycles. The van der Waals surface area contributed by atoms with Crippen molar-refractivity contribution in [2.75, 3.05) is 18.5 Å². The number of carbonyl (C=O) groups excluding carboxylic acids is 5. The van der Waals surface area contributed by atoms with E-state index in [1.54, 1.807) is 66.7 Å². The summed E-state index contributed by atoms with van der Waals surface area (Å²) in [5.41, 5.74) is 19.1. The van der Waals surface area contributed by atoms with Crippen LogP contribution in [0.3, 0.4) is 0 Å². The van der Waals surface area contributed by atoms with Crippen LogP contribution in [0.1, 0.15) is 17.0 Å². The highest BCUT2D eigenvalue weighted by atomic mass is 35.5. The summed E-state index contributed by atoms with van der Waals surface area (Å²) in [5.74, 6) is -8.27. The summed E-state index contributed by atoms with van der Waals surface area (Å²) < 4.78 is 0. The second-order valence-electron chi connectivity index (χ2n) is 10.3. The molecule has 1 saturated heterocycles. The normalized spacial score (nSPS) is 18.8. The van der Waals surface area contributed by atoms with Gasteiger partial charge in [0, 0.05) is 25.2 Å². The quantitative estimate of drug-likeness (QED) is 0.278. The molecule has 1 fully saturated rings. The lowest BCUT2D eigenvalue weighted by Gasteiger charge is -2.58. The Hall–Kier alpha value is -4.61. The summed E-state index contributed by atoms with van der Waals surface area (Å²) in [6, 6.07) is 20.5. The van der Waals surface area contributed by atoms with Crippen LogP contribution in [0.25, 0.3) is 0 Å². The van der Waals surface area contributed by atoms with Crippen LogP contribution in [0.15, 0.2) is 78.9 Å². The van der Waals surface area contributed by atoms with E-state index in [9.17, 15) is 24.0 Å². The molecule has 8 N–H and O–H groups in total. The number of primary amides is 4. The Morgan fingerprint density at radius 1 is 0.791 bits per heavy atom. The lowest BCUT2D eigenvalue weighted by Crippen LogP contribution is -2.85. The van der Waals surface area contributed by atoms with Crippen molar-refractivity contribution >= 4 is 58.5 Å². The first-order chi connectivity index (χ1) is 20.3. The first-order valence-corrected chi connectivity index (χ1v) is 13.9. The van der Waals surface area contributed by atoms with Crippen molar-refractivity contribution in [2.45, 2.75) is 17.9 Å². The van der Waals surface area contributed by atoms with Gasteiger partial charge in [0.1, 0.15) is 0 Å². The molecule has 0 bridgehead atoms. The molecule has 4 rings (SSSR count). The minimum Gasteiger partial charge on any atom is -0.369 e. The van der Waals surface area contributed by atoms with Crippen molar-refractivity contribution in [3.8, 4) is 0 Å². The Bertz CT molecular complexity index is 1560. The van der Waals surface area contributed by atoms with Crippen LogP contribution in [0, 0.1) is 11.3 Å². The van der Waals surface area contributed by atoms with Crippen LogP contribution in [0.4, 0.5) is 10.5 Å². The van der Waals surface area contributed by atoms with Gasteiger partial charge >= 0.3 is 6.03 Å². The second-order valence-corrected chi connectivity index (χ2v) is 11.2. The van der Waals surface area contributed by atoms with Crippen LogP contribution in [0.5, 0.6) is 0 Å². The number of nitrogens with zero attached hydrogens (tertiary/aromatic N) is 2. The van der Waals surface area contributed by atoms with Gasteiger partial charge in [0.2, 0.25) is 17.4 Å². The summed E-state index contributed by atoms with van der Waals surface area (Å²) in [5, 5.41) is 0.361. The number of para-hydroxylation sites is 1. The van der Waals surface area contributed by atoms with E-state index in [0.717, 1.165) is 9.80 Å². The van der Waals surface area contributed by atoms with Gasteiger partial charge in [0.25, 0.3) is 11.8 Å². The van der Waals surface area contributed by atoms with Crippen molar-refractivity contribution in [3.63, 3.8) is 0 Å². The highest BCUT2D eigenvalue weighted by molar-refractivity contribution is 6.42. The summed E-state index contributed by atoms with van der Waals surface area (Å²) in [7, 11) is 1.38. The molecule has 2 unspecified atom stereocenters. The standard InChI is InChI=1S/C30H30Cl2N6O5/c1-37(19-10-6-3-7-11-19)28(43)38-16-20(18-12-13-22(31)23(32)15-18)21(14-17-8-4-2-5-9-17)29(24(33)39,25(34)40)30(38,26(35)41)27(36)42/h2-13,15,20-21H,14,16H2,1H3,(H2,33,39)(H2,34,40)(H2,35,41)(H2,36,42). The number of piperidine rings is 1. The summed E-state index contributed by atoms with van der Waals surface area (Å²) in [6.07, 6.45) is -0.101. The van der Waals surface area contributed by atoms with E-state index in [1.807, 2.05) is 0 Å². The Labute approximate surface area is 257 Å². The van der Waals surface area contributed by atoms with E-state index < -0.39 is 59.0 Å². The molecule has 224 valence electrons. The third-order valence-corrected chi connectivity index (χ3v) is 8.96. The zero-order chi connectivity index (χ0) is 31.7. The van der Waals surface area contributed by atoms with Crippen molar-refractivity contribution in [1.82, 2.24) is 4.90 Å². The zero-order valence-electron chi connectivity index (χ0n) is 23.1. The molecule has 1 aliphatic rings. The van der Waals surface area contributed by atoms with Gasteiger partial charge < -0.3 is 22.9 Å². The lowest BCUT2D eigenvalue weighted by molar-refractivity contribution is -0.178. The number of urea groups is 1. The topological polar surface area (TPSA) is 196 Å². The fourth-order valence-electron chi connectivity index (χ4n) is 6.27. The monoisotopic (exact) mass is 624 g/mol. The third-order valence-electron chi connectivity index (χ3n) is 8.22. The van der Waals surface area contributed by atoms with Crippen molar-refractivity contribution < 1.29 is 24.0 Å². The van der Waals surface area contributed by atoms with Crippen LogP contribution < -0.4 is 27.8 Å². The molecule has 0 aliphatic carbocycles. The maximum Gasteiger partial charge on any atom is 0.325 e. The minimum atomic E-state index is -3.10.